The van der Waals surface area contributed by atoms with E-state index < -0.39 is 11.6 Å². The van der Waals surface area contributed by atoms with Gasteiger partial charge in [0.05, 0.1) is 12.7 Å². The third-order valence-electron chi connectivity index (χ3n) is 4.54. The molecule has 144 valence electrons. The minimum atomic E-state index is -0.551. The Kier molecular flexibility index (Phi) is 4.95. The van der Waals surface area contributed by atoms with Gasteiger partial charge in [-0.25, -0.2) is 9.59 Å². The molecule has 0 unspecified atom stereocenters. The summed E-state index contributed by atoms with van der Waals surface area (Å²) in [7, 11) is 1.33. The van der Waals surface area contributed by atoms with Gasteiger partial charge < -0.3 is 19.3 Å². The summed E-state index contributed by atoms with van der Waals surface area (Å²) in [5, 5.41) is 0. The average molecular weight is 372 g/mol. The first-order valence-corrected chi connectivity index (χ1v) is 8.88. The van der Waals surface area contributed by atoms with E-state index in [0.29, 0.717) is 37.3 Å². The summed E-state index contributed by atoms with van der Waals surface area (Å²) in [6.45, 7) is 6.79. The highest BCUT2D eigenvalue weighted by Gasteiger charge is 2.36. The van der Waals surface area contributed by atoms with E-state index >= 15 is 0 Å². The molecule has 3 rings (SSSR count). The number of hydrogen-bond donors (Lipinski definition) is 0. The van der Waals surface area contributed by atoms with Crippen molar-refractivity contribution in [3.63, 3.8) is 0 Å². The number of rotatable bonds is 2. The molecule has 7 nitrogen and oxygen atoms in total. The van der Waals surface area contributed by atoms with Gasteiger partial charge in [-0.2, -0.15) is 0 Å². The summed E-state index contributed by atoms with van der Waals surface area (Å²) in [6, 6.07) is 6.74. The number of ether oxygens (including phenoxy) is 2. The van der Waals surface area contributed by atoms with Crippen LogP contribution in [-0.4, -0.2) is 55.2 Å². The summed E-state index contributed by atoms with van der Waals surface area (Å²) >= 11 is 0. The lowest BCUT2D eigenvalue weighted by Crippen LogP contribution is -2.40. The van der Waals surface area contributed by atoms with Gasteiger partial charge in [-0.1, -0.05) is 0 Å². The fraction of sp³-hybridized carbons (Fsp3) is 0.450. The van der Waals surface area contributed by atoms with E-state index in [9.17, 15) is 14.4 Å². The van der Waals surface area contributed by atoms with Gasteiger partial charge in [-0.3, -0.25) is 4.79 Å². The van der Waals surface area contributed by atoms with Gasteiger partial charge in [0.25, 0.3) is 5.91 Å². The second-order valence-electron chi connectivity index (χ2n) is 7.66. The molecule has 0 radical (unpaired) electrons. The Morgan fingerprint density at radius 3 is 2.33 bits per heavy atom. The van der Waals surface area contributed by atoms with Crippen LogP contribution in [0.15, 0.2) is 35.4 Å². The molecular formula is C20H24N2O5. The highest BCUT2D eigenvalue weighted by Crippen LogP contribution is 2.31. The maximum Gasteiger partial charge on any atom is 0.410 e. The van der Waals surface area contributed by atoms with E-state index in [2.05, 4.69) is 0 Å². The van der Waals surface area contributed by atoms with E-state index in [4.69, 9.17) is 9.47 Å². The summed E-state index contributed by atoms with van der Waals surface area (Å²) in [5.41, 5.74) is 2.30. The minimum Gasteiger partial charge on any atom is -0.465 e. The van der Waals surface area contributed by atoms with Crippen molar-refractivity contribution in [1.82, 2.24) is 4.90 Å². The normalized spacial score (nSPS) is 17.1. The van der Waals surface area contributed by atoms with Crippen LogP contribution in [0.4, 0.5) is 10.5 Å². The lowest BCUT2D eigenvalue weighted by molar-refractivity contribution is -0.114. The predicted molar refractivity (Wildman–Crippen MR) is 99.6 cm³/mol. The van der Waals surface area contributed by atoms with Gasteiger partial charge in [0.2, 0.25) is 0 Å². The zero-order chi connectivity index (χ0) is 19.8. The second kappa shape index (κ2) is 7.06. The van der Waals surface area contributed by atoms with E-state index in [1.165, 1.54) is 7.11 Å². The Morgan fingerprint density at radius 2 is 1.74 bits per heavy atom. The Balaban J connectivity index is 1.71. The number of amides is 2. The lowest BCUT2D eigenvalue weighted by Gasteiger charge is -2.30. The van der Waals surface area contributed by atoms with Gasteiger partial charge >= 0.3 is 12.1 Å². The van der Waals surface area contributed by atoms with Crippen molar-refractivity contribution >= 4 is 23.7 Å². The first kappa shape index (κ1) is 18.9. The van der Waals surface area contributed by atoms with Crippen LogP contribution in [-0.2, 0) is 14.3 Å². The first-order valence-electron chi connectivity index (χ1n) is 8.88. The number of methoxy groups -OCH3 is 1. The van der Waals surface area contributed by atoms with Crippen LogP contribution in [0, 0.1) is 0 Å². The van der Waals surface area contributed by atoms with Crippen LogP contribution in [0.25, 0.3) is 0 Å². The molecule has 0 saturated heterocycles. The molecule has 0 bridgehead atoms. The molecule has 0 aromatic heterocycles. The highest BCUT2D eigenvalue weighted by atomic mass is 16.6. The van der Waals surface area contributed by atoms with Gasteiger partial charge in [-0.05, 0) is 57.0 Å². The monoisotopic (exact) mass is 372 g/mol. The fourth-order valence-electron chi connectivity index (χ4n) is 3.24. The van der Waals surface area contributed by atoms with Gasteiger partial charge in [0, 0.05) is 30.9 Å². The summed E-state index contributed by atoms with van der Waals surface area (Å²) in [6.07, 6.45) is 0.159. The molecule has 0 atom stereocenters. The number of carbonyl (C=O) groups excluding carboxylic acids is 3. The van der Waals surface area contributed by atoms with E-state index in [-0.39, 0.29) is 12.0 Å². The van der Waals surface area contributed by atoms with Crippen LogP contribution >= 0.6 is 0 Å². The van der Waals surface area contributed by atoms with E-state index in [1.54, 1.807) is 34.1 Å². The molecule has 0 N–H and O–H groups in total. The van der Waals surface area contributed by atoms with Gasteiger partial charge in [-0.15, -0.1) is 0 Å². The van der Waals surface area contributed by atoms with Crippen molar-refractivity contribution in [3.8, 4) is 0 Å². The lowest BCUT2D eigenvalue weighted by atomic mass is 10.0. The molecule has 1 aromatic carbocycles. The molecule has 2 aliphatic heterocycles. The van der Waals surface area contributed by atoms with Crippen LogP contribution in [0.3, 0.4) is 0 Å². The Labute approximate surface area is 158 Å². The molecule has 0 aliphatic carbocycles. The average Bonchev–Trinajstić information content (AvgIpc) is 2.96. The summed E-state index contributed by atoms with van der Waals surface area (Å²) in [4.78, 5) is 39.9. The molecule has 7 heteroatoms. The third-order valence-corrected chi connectivity index (χ3v) is 4.54. The van der Waals surface area contributed by atoms with Gasteiger partial charge in [0.15, 0.2) is 0 Å². The summed E-state index contributed by atoms with van der Waals surface area (Å²) in [5.74, 6) is -0.459. The van der Waals surface area contributed by atoms with Crippen LogP contribution in [0.5, 0.6) is 0 Å². The second-order valence-corrected chi connectivity index (χ2v) is 7.66. The number of hydrogen-bond acceptors (Lipinski definition) is 5. The van der Waals surface area contributed by atoms with E-state index in [0.717, 1.165) is 11.1 Å². The third kappa shape index (κ3) is 3.97. The number of carbonyl (C=O) groups is 3. The minimum absolute atomic E-state index is 0.0420. The molecule has 2 aliphatic rings. The Morgan fingerprint density at radius 1 is 1.07 bits per heavy atom. The van der Waals surface area contributed by atoms with Crippen LogP contribution in [0.1, 0.15) is 37.6 Å². The summed E-state index contributed by atoms with van der Waals surface area (Å²) < 4.78 is 10.1. The molecule has 2 heterocycles. The van der Waals surface area contributed by atoms with Crippen LogP contribution in [0.2, 0.25) is 0 Å². The largest absolute Gasteiger partial charge is 0.465 e. The Hall–Kier alpha value is -2.83. The van der Waals surface area contributed by atoms with Gasteiger partial charge in [0.1, 0.15) is 5.60 Å². The Bertz CT molecular complexity index is 805. The van der Waals surface area contributed by atoms with Crippen molar-refractivity contribution in [1.29, 1.82) is 0 Å². The quantitative estimate of drug-likeness (QED) is 0.746. The molecule has 27 heavy (non-hydrogen) atoms. The predicted octanol–water partition coefficient (Wildman–Crippen LogP) is 2.76. The maximum absolute atomic E-state index is 12.8. The van der Waals surface area contributed by atoms with Crippen molar-refractivity contribution in [2.24, 2.45) is 0 Å². The zero-order valence-corrected chi connectivity index (χ0v) is 16.1. The van der Waals surface area contributed by atoms with Crippen molar-refractivity contribution in [3.05, 3.63) is 41.0 Å². The maximum atomic E-state index is 12.8. The molecular weight excluding hydrogens is 348 g/mol. The van der Waals surface area contributed by atoms with Crippen molar-refractivity contribution in [2.45, 2.75) is 32.8 Å². The van der Waals surface area contributed by atoms with E-state index in [1.807, 2.05) is 20.8 Å². The van der Waals surface area contributed by atoms with Crippen LogP contribution < -0.4 is 4.90 Å². The SMILES string of the molecule is COC(=O)c1ccc(N2CC3=C(CCN(C(=O)OC(C)(C)C)C3)C2=O)cc1. The molecule has 0 fully saturated rings. The number of benzene rings is 1. The fourth-order valence-corrected chi connectivity index (χ4v) is 3.24. The smallest absolute Gasteiger partial charge is 0.410 e. The number of anilines is 1. The zero-order valence-electron chi connectivity index (χ0n) is 16.1. The standard InChI is InChI=1S/C20H24N2O5/c1-20(2,3)27-19(25)21-10-9-16-14(11-21)12-22(17(16)23)15-7-5-13(6-8-15)18(24)26-4/h5-8H,9-12H2,1-4H3. The van der Waals surface area contributed by atoms with Crippen molar-refractivity contribution in [2.75, 3.05) is 31.6 Å². The number of nitrogens with zero attached hydrogens (tertiary/aromatic N) is 2. The molecule has 0 spiro atoms. The number of esters is 1. The molecule has 2 amide bonds. The first-order chi connectivity index (χ1) is 12.7. The molecule has 0 saturated carbocycles. The molecule has 1 aromatic rings. The highest BCUT2D eigenvalue weighted by molar-refractivity contribution is 6.09. The topological polar surface area (TPSA) is 76.2 Å². The van der Waals surface area contributed by atoms with Crippen molar-refractivity contribution < 1.29 is 23.9 Å².